The first-order valence-corrected chi connectivity index (χ1v) is 26.4. The number of hydrogen-bond donors (Lipinski definition) is 6. The molecule has 1 rings (SSSR count). The lowest BCUT2D eigenvalue weighted by Crippen LogP contribution is -2.64. The van der Waals surface area contributed by atoms with Gasteiger partial charge in [0.2, 0.25) is 0 Å². The molecule has 6 atom stereocenters. The molecule has 0 saturated heterocycles. The van der Waals surface area contributed by atoms with Crippen LogP contribution in [0.2, 0.25) is 0 Å². The predicted octanol–water partition coefficient (Wildman–Crippen LogP) is 10.3. The van der Waals surface area contributed by atoms with Crippen molar-refractivity contribution >= 4 is 19.8 Å². The van der Waals surface area contributed by atoms with Crippen molar-refractivity contribution in [2.75, 3.05) is 13.2 Å². The summed E-state index contributed by atoms with van der Waals surface area (Å²) in [6.45, 7) is 3.26. The molecule has 13 nitrogen and oxygen atoms in total. The molecule has 0 amide bonds. The van der Waals surface area contributed by atoms with E-state index in [9.17, 15) is 44.6 Å². The van der Waals surface area contributed by atoms with Crippen LogP contribution >= 0.6 is 7.82 Å². The van der Waals surface area contributed by atoms with Crippen molar-refractivity contribution in [1.82, 2.24) is 0 Å². The number of rotatable bonds is 41. The molecule has 0 aliphatic heterocycles. The Bertz CT molecular complexity index is 1300. The first-order valence-electron chi connectivity index (χ1n) is 24.9. The van der Waals surface area contributed by atoms with Gasteiger partial charge in [-0.2, -0.15) is 0 Å². The standard InChI is InChI=1S/C50H89O13P/c1-3-5-7-9-11-13-15-17-19-21-23-25-27-29-31-33-35-37-39-44(52)62-42(41-61-64(58,59)63-50-48(56)46(54)45(53)47(55)49(50)57)40-60-43(51)38-36-34-32-30-28-26-24-22-20-18-16-14-12-10-8-6-4-2/h12-15,18-21,42,45-50,53-57H,3-11,16-17,22-41H2,1-2H3,(H,58,59)/b14-12-,15-13-,20-18-,21-19-. The van der Waals surface area contributed by atoms with E-state index in [1.54, 1.807) is 0 Å². The zero-order chi connectivity index (χ0) is 47.1. The molecule has 0 bridgehead atoms. The average molecular weight is 929 g/mol. The van der Waals surface area contributed by atoms with E-state index < -0.39 is 75.7 Å². The molecule has 1 saturated carbocycles. The number of allylic oxidation sites excluding steroid dienone is 8. The third kappa shape index (κ3) is 31.7. The van der Waals surface area contributed by atoms with Crippen LogP contribution in [0.15, 0.2) is 48.6 Å². The number of aliphatic hydroxyl groups excluding tert-OH is 5. The average Bonchev–Trinajstić information content (AvgIpc) is 3.28. The number of esters is 2. The fourth-order valence-electron chi connectivity index (χ4n) is 7.35. The third-order valence-corrected chi connectivity index (χ3v) is 12.4. The first kappa shape index (κ1) is 59.8. The van der Waals surface area contributed by atoms with E-state index in [0.29, 0.717) is 12.8 Å². The maximum atomic E-state index is 12.8. The number of phosphoric acid groups is 1. The second kappa shape index (κ2) is 39.9. The van der Waals surface area contributed by atoms with Crippen LogP contribution in [0.5, 0.6) is 0 Å². The fourth-order valence-corrected chi connectivity index (χ4v) is 8.32. The Kier molecular flexibility index (Phi) is 37.3. The van der Waals surface area contributed by atoms with Crippen LogP contribution in [0.1, 0.15) is 200 Å². The minimum Gasteiger partial charge on any atom is -0.462 e. The van der Waals surface area contributed by atoms with E-state index in [4.69, 9.17) is 18.5 Å². The zero-order valence-electron chi connectivity index (χ0n) is 39.6. The Balaban J connectivity index is 2.43. The van der Waals surface area contributed by atoms with Gasteiger partial charge in [-0.25, -0.2) is 4.57 Å². The maximum Gasteiger partial charge on any atom is 0.472 e. The van der Waals surface area contributed by atoms with Gasteiger partial charge in [0.05, 0.1) is 6.61 Å². The molecule has 0 aromatic carbocycles. The fraction of sp³-hybridized carbons (Fsp3) is 0.800. The third-order valence-electron chi connectivity index (χ3n) is 11.4. The highest BCUT2D eigenvalue weighted by Gasteiger charge is 2.51. The summed E-state index contributed by atoms with van der Waals surface area (Å²) in [5, 5.41) is 50.2. The number of ether oxygens (including phenoxy) is 2. The Morgan fingerprint density at radius 2 is 0.844 bits per heavy atom. The van der Waals surface area contributed by atoms with Crippen LogP contribution in [0, 0.1) is 0 Å². The van der Waals surface area contributed by atoms with Gasteiger partial charge in [0.1, 0.15) is 43.2 Å². The molecule has 1 aliphatic carbocycles. The van der Waals surface area contributed by atoms with Crippen molar-refractivity contribution < 1.29 is 63.1 Å². The Morgan fingerprint density at radius 3 is 1.30 bits per heavy atom. The van der Waals surface area contributed by atoms with Gasteiger partial charge in [0.25, 0.3) is 0 Å². The van der Waals surface area contributed by atoms with Crippen LogP contribution < -0.4 is 0 Å². The van der Waals surface area contributed by atoms with Gasteiger partial charge in [0, 0.05) is 12.8 Å². The summed E-state index contributed by atoms with van der Waals surface area (Å²) in [5.41, 5.74) is 0. The van der Waals surface area contributed by atoms with Gasteiger partial charge in [-0.3, -0.25) is 18.6 Å². The summed E-state index contributed by atoms with van der Waals surface area (Å²) < 4.78 is 33.6. The predicted molar refractivity (Wildman–Crippen MR) is 253 cm³/mol. The quantitative estimate of drug-likeness (QED) is 0.0146. The second-order valence-corrected chi connectivity index (χ2v) is 18.7. The van der Waals surface area contributed by atoms with E-state index in [-0.39, 0.29) is 12.8 Å². The number of aliphatic hydroxyl groups is 5. The lowest BCUT2D eigenvalue weighted by Gasteiger charge is -2.41. The number of carbonyl (C=O) groups is 2. The Morgan fingerprint density at radius 1 is 0.484 bits per heavy atom. The molecule has 0 radical (unpaired) electrons. The molecule has 14 heteroatoms. The largest absolute Gasteiger partial charge is 0.472 e. The van der Waals surface area contributed by atoms with Gasteiger partial charge in [-0.1, -0.05) is 159 Å². The summed E-state index contributed by atoms with van der Waals surface area (Å²) in [6, 6.07) is 0. The summed E-state index contributed by atoms with van der Waals surface area (Å²) in [6.07, 6.45) is 34.3. The molecule has 0 spiro atoms. The van der Waals surface area contributed by atoms with Crippen LogP contribution in [0.4, 0.5) is 0 Å². The molecule has 0 aromatic heterocycles. The van der Waals surface area contributed by atoms with Gasteiger partial charge in [-0.15, -0.1) is 0 Å². The highest BCUT2D eigenvalue weighted by atomic mass is 31.2. The number of hydrogen-bond acceptors (Lipinski definition) is 12. The Hall–Kier alpha value is -2.19. The first-order chi connectivity index (χ1) is 30.9. The molecule has 372 valence electrons. The summed E-state index contributed by atoms with van der Waals surface area (Å²) in [4.78, 5) is 35.8. The van der Waals surface area contributed by atoms with Crippen molar-refractivity contribution in [3.8, 4) is 0 Å². The van der Waals surface area contributed by atoms with Crippen LogP contribution in [0.3, 0.4) is 0 Å². The zero-order valence-corrected chi connectivity index (χ0v) is 40.5. The van der Waals surface area contributed by atoms with E-state index in [1.807, 2.05) is 0 Å². The van der Waals surface area contributed by atoms with Crippen molar-refractivity contribution in [2.24, 2.45) is 0 Å². The van der Waals surface area contributed by atoms with Crippen LogP contribution in [-0.2, 0) is 32.7 Å². The second-order valence-electron chi connectivity index (χ2n) is 17.3. The molecule has 0 heterocycles. The molecule has 1 aliphatic rings. The highest BCUT2D eigenvalue weighted by Crippen LogP contribution is 2.47. The van der Waals surface area contributed by atoms with E-state index in [1.165, 1.54) is 57.8 Å². The maximum absolute atomic E-state index is 12.8. The Labute approximate surface area is 386 Å². The molecule has 0 aromatic rings. The summed E-state index contributed by atoms with van der Waals surface area (Å²) in [5.74, 6) is -1.12. The minimum atomic E-state index is -5.13. The van der Waals surface area contributed by atoms with Crippen LogP contribution in [-0.4, -0.2) is 98.3 Å². The number of carbonyl (C=O) groups excluding carboxylic acids is 2. The molecule has 1 fully saturated rings. The number of phosphoric ester groups is 1. The highest BCUT2D eigenvalue weighted by molar-refractivity contribution is 7.47. The summed E-state index contributed by atoms with van der Waals surface area (Å²) in [7, 11) is -5.13. The molecule has 6 N–H and O–H groups in total. The van der Waals surface area contributed by atoms with Crippen molar-refractivity contribution in [3.05, 3.63) is 48.6 Å². The van der Waals surface area contributed by atoms with Crippen molar-refractivity contribution in [2.45, 2.75) is 243 Å². The molecule has 6 unspecified atom stereocenters. The minimum absolute atomic E-state index is 0.0851. The smallest absolute Gasteiger partial charge is 0.462 e. The van der Waals surface area contributed by atoms with E-state index in [0.717, 1.165) is 103 Å². The lowest BCUT2D eigenvalue weighted by atomic mass is 9.85. The van der Waals surface area contributed by atoms with E-state index in [2.05, 4.69) is 62.5 Å². The lowest BCUT2D eigenvalue weighted by molar-refractivity contribution is -0.220. The molecular weight excluding hydrogens is 840 g/mol. The van der Waals surface area contributed by atoms with Gasteiger partial charge in [0.15, 0.2) is 6.10 Å². The van der Waals surface area contributed by atoms with Crippen LogP contribution in [0.25, 0.3) is 0 Å². The topological polar surface area (TPSA) is 210 Å². The SMILES string of the molecule is CCCCC/C=C\C/C=C\CCCCCCCCCC(=O)OCC(COP(=O)(O)OC1C(O)C(O)C(O)C(O)C1O)OC(=O)CCCCCCCCC/C=C\C/C=C\CCCCCC. The van der Waals surface area contributed by atoms with Gasteiger partial charge in [-0.05, 0) is 77.0 Å². The monoisotopic (exact) mass is 929 g/mol. The summed E-state index contributed by atoms with van der Waals surface area (Å²) >= 11 is 0. The van der Waals surface area contributed by atoms with Gasteiger partial charge < -0.3 is 39.9 Å². The van der Waals surface area contributed by atoms with Crippen molar-refractivity contribution in [1.29, 1.82) is 0 Å². The number of unbranched alkanes of at least 4 members (excludes halogenated alkanes) is 21. The van der Waals surface area contributed by atoms with E-state index >= 15 is 0 Å². The van der Waals surface area contributed by atoms with Crippen molar-refractivity contribution in [3.63, 3.8) is 0 Å². The van der Waals surface area contributed by atoms with Gasteiger partial charge >= 0.3 is 19.8 Å². The molecular formula is C50H89O13P. The molecule has 64 heavy (non-hydrogen) atoms. The normalized spacial score (nSPS) is 21.9.